The third-order valence-corrected chi connectivity index (χ3v) is 4.97. The van der Waals surface area contributed by atoms with Crippen molar-refractivity contribution in [3.8, 4) is 0 Å². The quantitative estimate of drug-likeness (QED) is 0.858. The number of aryl methyl sites for hydroxylation is 1. The first-order valence-corrected chi connectivity index (χ1v) is 8.73. The van der Waals surface area contributed by atoms with Crippen molar-refractivity contribution < 1.29 is 4.79 Å². The van der Waals surface area contributed by atoms with Gasteiger partial charge in [-0.05, 0) is 19.3 Å². The predicted octanol–water partition coefficient (Wildman–Crippen LogP) is 1.13. The van der Waals surface area contributed by atoms with Crippen LogP contribution < -0.4 is 10.6 Å². The molecule has 1 unspecified atom stereocenters. The number of amides is 1. The lowest BCUT2D eigenvalue weighted by Gasteiger charge is -2.23. The molecule has 0 bridgehead atoms. The summed E-state index contributed by atoms with van der Waals surface area (Å²) in [5.41, 5.74) is 0. The average molecular weight is 329 g/mol. The maximum atomic E-state index is 12.3. The summed E-state index contributed by atoms with van der Waals surface area (Å²) >= 11 is 0. The van der Waals surface area contributed by atoms with E-state index in [1.807, 2.05) is 15.4 Å². The first kappa shape index (κ1) is 15.3. The van der Waals surface area contributed by atoms with Crippen LogP contribution in [0.1, 0.15) is 44.0 Å². The van der Waals surface area contributed by atoms with Crippen LogP contribution in [0, 0.1) is 0 Å². The van der Waals surface area contributed by atoms with E-state index in [2.05, 4.69) is 25.8 Å². The molecule has 2 aromatic rings. The lowest BCUT2D eigenvalue weighted by atomic mass is 10.1. The van der Waals surface area contributed by atoms with Crippen LogP contribution in [0.3, 0.4) is 0 Å². The minimum absolute atomic E-state index is 0.0286. The number of nitrogens with zero attached hydrogens (tertiary/aromatic N) is 5. The number of rotatable bonds is 5. The summed E-state index contributed by atoms with van der Waals surface area (Å²) in [7, 11) is 0. The number of fused-ring (bicyclic) bond motifs is 1. The SMILES string of the molecule is O=C(CNC1CCc2ncnn2C1)Nc1ccnn1C1CCCC1. The molecule has 1 aliphatic carbocycles. The molecule has 2 aromatic heterocycles. The van der Waals surface area contributed by atoms with Gasteiger partial charge in [-0.1, -0.05) is 12.8 Å². The van der Waals surface area contributed by atoms with Crippen LogP contribution in [-0.4, -0.2) is 43.0 Å². The standard InChI is InChI=1S/C16H23N7O/c24-16(9-17-12-5-6-14-18-11-20-22(14)10-12)21-15-7-8-19-23(15)13-3-1-2-4-13/h7-8,11-13,17H,1-6,9-10H2,(H,21,24). The Balaban J connectivity index is 1.29. The molecule has 24 heavy (non-hydrogen) atoms. The Labute approximate surface area is 140 Å². The van der Waals surface area contributed by atoms with Gasteiger partial charge >= 0.3 is 0 Å². The number of carbonyl (C=O) groups excluding carboxylic acids is 1. The van der Waals surface area contributed by atoms with E-state index in [4.69, 9.17) is 0 Å². The van der Waals surface area contributed by atoms with E-state index < -0.39 is 0 Å². The largest absolute Gasteiger partial charge is 0.310 e. The van der Waals surface area contributed by atoms with Crippen LogP contribution in [-0.2, 0) is 17.8 Å². The predicted molar refractivity (Wildman–Crippen MR) is 88.5 cm³/mol. The summed E-state index contributed by atoms with van der Waals surface area (Å²) < 4.78 is 3.88. The number of hydrogen-bond acceptors (Lipinski definition) is 5. The molecule has 0 aromatic carbocycles. The van der Waals surface area contributed by atoms with Crippen molar-refractivity contribution in [2.45, 2.75) is 57.2 Å². The molecular formula is C16H23N7O. The Kier molecular flexibility index (Phi) is 4.29. The van der Waals surface area contributed by atoms with Crippen LogP contribution in [0.4, 0.5) is 5.82 Å². The fraction of sp³-hybridized carbons (Fsp3) is 0.625. The van der Waals surface area contributed by atoms with Gasteiger partial charge in [-0.2, -0.15) is 10.2 Å². The van der Waals surface area contributed by atoms with Gasteiger partial charge in [0.05, 0.1) is 25.3 Å². The summed E-state index contributed by atoms with van der Waals surface area (Å²) in [6, 6.07) is 2.55. The second-order valence-corrected chi connectivity index (χ2v) is 6.62. The molecule has 0 saturated heterocycles. The van der Waals surface area contributed by atoms with Gasteiger partial charge in [-0.25, -0.2) is 14.3 Å². The zero-order valence-electron chi connectivity index (χ0n) is 13.7. The first-order chi connectivity index (χ1) is 11.8. The lowest BCUT2D eigenvalue weighted by molar-refractivity contribution is -0.115. The van der Waals surface area contributed by atoms with Crippen LogP contribution in [0.25, 0.3) is 0 Å². The van der Waals surface area contributed by atoms with E-state index >= 15 is 0 Å². The lowest BCUT2D eigenvalue weighted by Crippen LogP contribution is -2.41. The van der Waals surface area contributed by atoms with Gasteiger partial charge in [-0.15, -0.1) is 0 Å². The summed E-state index contributed by atoms with van der Waals surface area (Å²) in [5, 5.41) is 14.9. The summed E-state index contributed by atoms with van der Waals surface area (Å²) in [5.74, 6) is 1.80. The molecule has 3 heterocycles. The Hall–Kier alpha value is -2.22. The summed E-state index contributed by atoms with van der Waals surface area (Å²) in [4.78, 5) is 16.5. The molecule has 0 radical (unpaired) electrons. The molecule has 8 heteroatoms. The average Bonchev–Trinajstić information content (AvgIpc) is 3.32. The Morgan fingerprint density at radius 1 is 1.25 bits per heavy atom. The van der Waals surface area contributed by atoms with E-state index in [0.717, 1.165) is 43.9 Å². The smallest absolute Gasteiger partial charge is 0.239 e. The van der Waals surface area contributed by atoms with Crippen molar-refractivity contribution in [2.24, 2.45) is 0 Å². The summed E-state index contributed by atoms with van der Waals surface area (Å²) in [6.07, 6.45) is 10.00. The van der Waals surface area contributed by atoms with E-state index in [1.165, 1.54) is 12.8 Å². The number of anilines is 1. The summed E-state index contributed by atoms with van der Waals surface area (Å²) in [6.45, 7) is 1.06. The maximum Gasteiger partial charge on any atom is 0.239 e. The molecule has 128 valence electrons. The molecule has 1 atom stereocenters. The molecule has 2 aliphatic rings. The maximum absolute atomic E-state index is 12.3. The second kappa shape index (κ2) is 6.72. The van der Waals surface area contributed by atoms with Gasteiger partial charge in [0.2, 0.25) is 5.91 Å². The molecular weight excluding hydrogens is 306 g/mol. The van der Waals surface area contributed by atoms with Gasteiger partial charge in [0.15, 0.2) is 0 Å². The van der Waals surface area contributed by atoms with E-state index in [0.29, 0.717) is 12.6 Å². The molecule has 1 saturated carbocycles. The third-order valence-electron chi connectivity index (χ3n) is 4.97. The minimum atomic E-state index is -0.0286. The minimum Gasteiger partial charge on any atom is -0.310 e. The van der Waals surface area contributed by atoms with E-state index in [-0.39, 0.29) is 11.9 Å². The highest BCUT2D eigenvalue weighted by atomic mass is 16.2. The van der Waals surface area contributed by atoms with Crippen molar-refractivity contribution >= 4 is 11.7 Å². The molecule has 0 spiro atoms. The molecule has 2 N–H and O–H groups in total. The van der Waals surface area contributed by atoms with Gasteiger partial charge in [0.1, 0.15) is 18.0 Å². The normalized spacial score (nSPS) is 20.9. The Morgan fingerprint density at radius 2 is 2.12 bits per heavy atom. The number of carbonyl (C=O) groups is 1. The monoisotopic (exact) mass is 329 g/mol. The van der Waals surface area contributed by atoms with Crippen LogP contribution in [0.5, 0.6) is 0 Å². The number of aromatic nitrogens is 5. The molecule has 4 rings (SSSR count). The van der Waals surface area contributed by atoms with Crippen molar-refractivity contribution in [3.05, 3.63) is 24.4 Å². The van der Waals surface area contributed by atoms with Crippen LogP contribution in [0.2, 0.25) is 0 Å². The van der Waals surface area contributed by atoms with Gasteiger partial charge in [0.25, 0.3) is 0 Å². The Morgan fingerprint density at radius 3 is 3.00 bits per heavy atom. The fourth-order valence-electron chi connectivity index (χ4n) is 3.68. The number of nitrogens with one attached hydrogen (secondary N) is 2. The molecule has 1 amide bonds. The van der Waals surface area contributed by atoms with Crippen molar-refractivity contribution in [1.82, 2.24) is 29.9 Å². The van der Waals surface area contributed by atoms with Gasteiger partial charge in [0, 0.05) is 18.5 Å². The highest BCUT2D eigenvalue weighted by Crippen LogP contribution is 2.31. The second-order valence-electron chi connectivity index (χ2n) is 6.62. The Bertz CT molecular complexity index is 701. The van der Waals surface area contributed by atoms with Gasteiger partial charge < -0.3 is 10.6 Å². The van der Waals surface area contributed by atoms with E-state index in [9.17, 15) is 4.79 Å². The van der Waals surface area contributed by atoms with Crippen LogP contribution >= 0.6 is 0 Å². The highest BCUT2D eigenvalue weighted by Gasteiger charge is 2.22. The van der Waals surface area contributed by atoms with E-state index in [1.54, 1.807) is 12.5 Å². The van der Waals surface area contributed by atoms with Crippen molar-refractivity contribution in [3.63, 3.8) is 0 Å². The zero-order chi connectivity index (χ0) is 16.4. The number of hydrogen-bond donors (Lipinski definition) is 2. The molecule has 1 fully saturated rings. The van der Waals surface area contributed by atoms with Crippen LogP contribution in [0.15, 0.2) is 18.6 Å². The third kappa shape index (κ3) is 3.19. The zero-order valence-corrected chi connectivity index (χ0v) is 13.7. The highest BCUT2D eigenvalue weighted by molar-refractivity contribution is 5.91. The van der Waals surface area contributed by atoms with Gasteiger partial charge in [-0.3, -0.25) is 4.79 Å². The topological polar surface area (TPSA) is 89.7 Å². The molecule has 8 nitrogen and oxygen atoms in total. The molecule has 1 aliphatic heterocycles. The first-order valence-electron chi connectivity index (χ1n) is 8.73. The fourth-order valence-corrected chi connectivity index (χ4v) is 3.68. The van der Waals surface area contributed by atoms with Crippen molar-refractivity contribution in [1.29, 1.82) is 0 Å². The van der Waals surface area contributed by atoms with Crippen molar-refractivity contribution in [2.75, 3.05) is 11.9 Å².